The van der Waals surface area contributed by atoms with Gasteiger partial charge in [0, 0.05) is 14.7 Å². The standard InChI is InChI=1S/C15H12IN3OS/c1-8-6-7-9-12(17)13(21-15(9)18-8)14(20)19-11-5-3-2-4-10(11)16/h2-7H,17H2,1H3,(H,19,20). The molecule has 0 fully saturated rings. The molecule has 4 nitrogen and oxygen atoms in total. The largest absolute Gasteiger partial charge is 0.397 e. The predicted octanol–water partition coefficient (Wildman–Crippen LogP) is 4.04. The number of anilines is 2. The molecule has 0 saturated heterocycles. The van der Waals surface area contributed by atoms with Gasteiger partial charge in [0.25, 0.3) is 5.91 Å². The molecule has 2 heterocycles. The van der Waals surface area contributed by atoms with E-state index >= 15 is 0 Å². The zero-order chi connectivity index (χ0) is 15.0. The highest BCUT2D eigenvalue weighted by atomic mass is 127. The molecule has 0 aliphatic heterocycles. The van der Waals surface area contributed by atoms with Crippen molar-refractivity contribution >= 4 is 61.4 Å². The van der Waals surface area contributed by atoms with Crippen LogP contribution in [0, 0.1) is 10.5 Å². The molecule has 3 rings (SSSR count). The molecular weight excluding hydrogens is 397 g/mol. The second kappa shape index (κ2) is 5.61. The fourth-order valence-corrected chi connectivity index (χ4v) is 3.56. The first-order chi connectivity index (χ1) is 10.1. The van der Waals surface area contributed by atoms with Crippen molar-refractivity contribution in [3.63, 3.8) is 0 Å². The van der Waals surface area contributed by atoms with Crippen LogP contribution in [0.2, 0.25) is 0 Å². The van der Waals surface area contributed by atoms with E-state index in [4.69, 9.17) is 5.73 Å². The molecule has 0 aliphatic carbocycles. The lowest BCUT2D eigenvalue weighted by atomic mass is 10.2. The summed E-state index contributed by atoms with van der Waals surface area (Å²) in [4.78, 5) is 18.1. The number of aryl methyl sites for hydroxylation is 1. The third-order valence-electron chi connectivity index (χ3n) is 3.06. The van der Waals surface area contributed by atoms with Gasteiger partial charge >= 0.3 is 0 Å². The minimum Gasteiger partial charge on any atom is -0.397 e. The van der Waals surface area contributed by atoms with Crippen LogP contribution < -0.4 is 11.1 Å². The van der Waals surface area contributed by atoms with Crippen molar-refractivity contribution in [2.24, 2.45) is 0 Å². The van der Waals surface area contributed by atoms with Crippen LogP contribution in [0.4, 0.5) is 11.4 Å². The number of carbonyl (C=O) groups excluding carboxylic acids is 1. The van der Waals surface area contributed by atoms with Gasteiger partial charge in [0.05, 0.1) is 11.4 Å². The zero-order valence-electron chi connectivity index (χ0n) is 11.2. The Morgan fingerprint density at radius 3 is 2.81 bits per heavy atom. The van der Waals surface area contributed by atoms with Gasteiger partial charge in [-0.05, 0) is 53.8 Å². The molecule has 0 unspecified atom stereocenters. The van der Waals surface area contributed by atoms with Crippen molar-refractivity contribution in [2.75, 3.05) is 11.1 Å². The average molecular weight is 409 g/mol. The summed E-state index contributed by atoms with van der Waals surface area (Å²) in [6, 6.07) is 11.4. The summed E-state index contributed by atoms with van der Waals surface area (Å²) in [7, 11) is 0. The van der Waals surface area contributed by atoms with Crippen LogP contribution >= 0.6 is 33.9 Å². The summed E-state index contributed by atoms with van der Waals surface area (Å²) in [5, 5.41) is 3.73. The lowest BCUT2D eigenvalue weighted by Crippen LogP contribution is -2.12. The second-order valence-electron chi connectivity index (χ2n) is 4.58. The molecule has 106 valence electrons. The van der Waals surface area contributed by atoms with Crippen LogP contribution in [0.1, 0.15) is 15.4 Å². The van der Waals surface area contributed by atoms with Gasteiger partial charge in [-0.1, -0.05) is 12.1 Å². The topological polar surface area (TPSA) is 68.0 Å². The van der Waals surface area contributed by atoms with E-state index in [0.29, 0.717) is 10.6 Å². The maximum atomic E-state index is 12.4. The minimum absolute atomic E-state index is 0.197. The number of rotatable bonds is 2. The molecule has 6 heteroatoms. The Morgan fingerprint density at radius 1 is 1.29 bits per heavy atom. The molecule has 21 heavy (non-hydrogen) atoms. The third-order valence-corrected chi connectivity index (χ3v) is 5.12. The lowest BCUT2D eigenvalue weighted by molar-refractivity contribution is 0.103. The lowest BCUT2D eigenvalue weighted by Gasteiger charge is -2.06. The summed E-state index contributed by atoms with van der Waals surface area (Å²) in [6.07, 6.45) is 0. The normalized spacial score (nSPS) is 10.8. The molecule has 0 atom stereocenters. The number of carbonyl (C=O) groups is 1. The summed E-state index contributed by atoms with van der Waals surface area (Å²) >= 11 is 3.51. The number of amides is 1. The maximum Gasteiger partial charge on any atom is 0.267 e. The number of fused-ring (bicyclic) bond motifs is 1. The van der Waals surface area contributed by atoms with Gasteiger partial charge in [0.15, 0.2) is 0 Å². The molecule has 0 aliphatic rings. The van der Waals surface area contributed by atoms with Gasteiger partial charge in [-0.25, -0.2) is 4.98 Å². The molecule has 0 spiro atoms. The fraction of sp³-hybridized carbons (Fsp3) is 0.0667. The van der Waals surface area contributed by atoms with Crippen molar-refractivity contribution in [2.45, 2.75) is 6.92 Å². The highest BCUT2D eigenvalue weighted by Crippen LogP contribution is 2.33. The molecule has 1 aromatic carbocycles. The van der Waals surface area contributed by atoms with Crippen LogP contribution in [-0.4, -0.2) is 10.9 Å². The number of nitrogens with zero attached hydrogens (tertiary/aromatic N) is 1. The molecule has 3 N–H and O–H groups in total. The maximum absolute atomic E-state index is 12.4. The third kappa shape index (κ3) is 2.73. The summed E-state index contributed by atoms with van der Waals surface area (Å²) in [6.45, 7) is 1.92. The number of pyridine rings is 1. The molecule has 3 aromatic rings. The highest BCUT2D eigenvalue weighted by molar-refractivity contribution is 14.1. The monoisotopic (exact) mass is 409 g/mol. The summed E-state index contributed by atoms with van der Waals surface area (Å²) in [5.74, 6) is -0.197. The Labute approximate surface area is 139 Å². The van der Waals surface area contributed by atoms with E-state index < -0.39 is 0 Å². The van der Waals surface area contributed by atoms with Crippen molar-refractivity contribution in [1.82, 2.24) is 4.98 Å². The number of thiophene rings is 1. The SMILES string of the molecule is Cc1ccc2c(N)c(C(=O)Nc3ccccc3I)sc2n1. The first-order valence-corrected chi connectivity index (χ1v) is 8.17. The number of hydrogen-bond acceptors (Lipinski definition) is 4. The number of para-hydroxylation sites is 1. The van der Waals surface area contributed by atoms with Gasteiger partial charge in [-0.2, -0.15) is 0 Å². The Morgan fingerprint density at radius 2 is 2.05 bits per heavy atom. The average Bonchev–Trinajstić information content (AvgIpc) is 2.78. The smallest absolute Gasteiger partial charge is 0.267 e. The molecule has 0 radical (unpaired) electrons. The predicted molar refractivity (Wildman–Crippen MR) is 95.9 cm³/mol. The van der Waals surface area contributed by atoms with Crippen LogP contribution in [-0.2, 0) is 0 Å². The number of nitrogens with two attached hydrogens (primary N) is 1. The van der Waals surface area contributed by atoms with Gasteiger partial charge < -0.3 is 11.1 Å². The van der Waals surface area contributed by atoms with Gasteiger partial charge in [-0.15, -0.1) is 11.3 Å². The summed E-state index contributed by atoms with van der Waals surface area (Å²) in [5.41, 5.74) is 8.27. The van der Waals surface area contributed by atoms with Gasteiger partial charge in [0.1, 0.15) is 9.71 Å². The van der Waals surface area contributed by atoms with Crippen LogP contribution in [0.15, 0.2) is 36.4 Å². The van der Waals surface area contributed by atoms with E-state index in [1.54, 1.807) is 0 Å². The van der Waals surface area contributed by atoms with Crippen molar-refractivity contribution in [3.8, 4) is 0 Å². The number of aromatic nitrogens is 1. The molecule has 0 saturated carbocycles. The number of hydrogen-bond donors (Lipinski definition) is 2. The summed E-state index contributed by atoms with van der Waals surface area (Å²) < 4.78 is 0.983. The van der Waals surface area contributed by atoms with Crippen LogP contribution in [0.25, 0.3) is 10.2 Å². The Balaban J connectivity index is 1.98. The number of benzene rings is 1. The number of nitrogens with one attached hydrogen (secondary N) is 1. The number of nitrogen functional groups attached to an aromatic ring is 1. The van der Waals surface area contributed by atoms with E-state index in [-0.39, 0.29) is 5.91 Å². The van der Waals surface area contributed by atoms with Crippen molar-refractivity contribution in [1.29, 1.82) is 0 Å². The molecular formula is C15H12IN3OS. The molecule has 1 amide bonds. The highest BCUT2D eigenvalue weighted by Gasteiger charge is 2.17. The van der Waals surface area contributed by atoms with E-state index in [0.717, 1.165) is 25.2 Å². The second-order valence-corrected chi connectivity index (χ2v) is 6.75. The fourth-order valence-electron chi connectivity index (χ4n) is 2.00. The van der Waals surface area contributed by atoms with Crippen molar-refractivity contribution < 1.29 is 4.79 Å². The van der Waals surface area contributed by atoms with Crippen LogP contribution in [0.5, 0.6) is 0 Å². The Kier molecular flexibility index (Phi) is 3.81. The zero-order valence-corrected chi connectivity index (χ0v) is 14.2. The quantitative estimate of drug-likeness (QED) is 0.628. The van der Waals surface area contributed by atoms with E-state index in [9.17, 15) is 4.79 Å². The van der Waals surface area contributed by atoms with Crippen LogP contribution in [0.3, 0.4) is 0 Å². The first kappa shape index (κ1) is 14.3. The van der Waals surface area contributed by atoms with Gasteiger partial charge in [-0.3, -0.25) is 4.79 Å². The van der Waals surface area contributed by atoms with Gasteiger partial charge in [0.2, 0.25) is 0 Å². The van der Waals surface area contributed by atoms with E-state index in [1.807, 2.05) is 43.3 Å². The Bertz CT molecular complexity index is 844. The molecule has 2 aromatic heterocycles. The molecule has 0 bridgehead atoms. The van der Waals surface area contributed by atoms with E-state index in [2.05, 4.69) is 32.9 Å². The number of halogens is 1. The van der Waals surface area contributed by atoms with E-state index in [1.165, 1.54) is 11.3 Å². The van der Waals surface area contributed by atoms with Crippen molar-refractivity contribution in [3.05, 3.63) is 50.5 Å². The Hall–Kier alpha value is -1.67. The first-order valence-electron chi connectivity index (χ1n) is 6.28. The minimum atomic E-state index is -0.197.